The summed E-state index contributed by atoms with van der Waals surface area (Å²) in [6.45, 7) is 3.97. The molecule has 7 heteroatoms. The maximum absolute atomic E-state index is 9.05. The molecule has 1 saturated heterocycles. The summed E-state index contributed by atoms with van der Waals surface area (Å²) in [5.74, 6) is 0.910. The highest BCUT2D eigenvalue weighted by Crippen LogP contribution is 2.23. The number of anilines is 2. The monoisotopic (exact) mass is 269 g/mol. The van der Waals surface area contributed by atoms with Crippen molar-refractivity contribution in [1.29, 1.82) is 0 Å². The van der Waals surface area contributed by atoms with Crippen LogP contribution in [0.1, 0.15) is 26.2 Å². The van der Waals surface area contributed by atoms with Gasteiger partial charge in [0.2, 0.25) is 11.9 Å². The summed E-state index contributed by atoms with van der Waals surface area (Å²) < 4.78 is 0. The van der Waals surface area contributed by atoms with Crippen molar-refractivity contribution in [3.63, 3.8) is 0 Å². The highest BCUT2D eigenvalue weighted by Gasteiger charge is 2.16. The Morgan fingerprint density at radius 3 is 2.67 bits per heavy atom. The lowest BCUT2D eigenvalue weighted by molar-refractivity contribution is 0.300. The van der Waals surface area contributed by atoms with Gasteiger partial charge in [-0.25, -0.2) is 0 Å². The molecule has 1 unspecified atom stereocenters. The van der Waals surface area contributed by atoms with Gasteiger partial charge in [0.1, 0.15) is 0 Å². The SMILES string of the molecule is CC(CO)Sc1nc(N)nc(N2CCCCC2)n1. The van der Waals surface area contributed by atoms with Crippen molar-refractivity contribution < 1.29 is 5.11 Å². The number of hydrogen-bond donors (Lipinski definition) is 2. The molecular formula is C11H19N5OS. The van der Waals surface area contributed by atoms with E-state index in [1.165, 1.54) is 31.0 Å². The van der Waals surface area contributed by atoms with Gasteiger partial charge in [0, 0.05) is 18.3 Å². The van der Waals surface area contributed by atoms with Crippen LogP contribution in [0.25, 0.3) is 0 Å². The van der Waals surface area contributed by atoms with Gasteiger partial charge in [-0.15, -0.1) is 0 Å². The summed E-state index contributed by atoms with van der Waals surface area (Å²) in [4.78, 5) is 14.9. The Morgan fingerprint density at radius 1 is 1.28 bits per heavy atom. The molecule has 100 valence electrons. The number of nitrogens with two attached hydrogens (primary N) is 1. The highest BCUT2D eigenvalue weighted by molar-refractivity contribution is 7.99. The molecule has 3 N–H and O–H groups in total. The molecule has 1 atom stereocenters. The first kappa shape index (κ1) is 13.4. The minimum atomic E-state index is 0.0565. The minimum absolute atomic E-state index is 0.0565. The number of nitrogen functional groups attached to an aromatic ring is 1. The fourth-order valence-corrected chi connectivity index (χ4v) is 2.58. The first-order chi connectivity index (χ1) is 8.69. The Balaban J connectivity index is 2.14. The van der Waals surface area contributed by atoms with E-state index in [0.29, 0.717) is 11.1 Å². The minimum Gasteiger partial charge on any atom is -0.395 e. The first-order valence-corrected chi connectivity index (χ1v) is 7.11. The predicted molar refractivity (Wildman–Crippen MR) is 72.7 cm³/mol. The molecule has 0 aromatic carbocycles. The fourth-order valence-electron chi connectivity index (χ4n) is 1.87. The van der Waals surface area contributed by atoms with Crippen molar-refractivity contribution in [2.75, 3.05) is 30.3 Å². The summed E-state index contributed by atoms with van der Waals surface area (Å²) in [5.41, 5.74) is 5.72. The Labute approximate surface area is 111 Å². The lowest BCUT2D eigenvalue weighted by Gasteiger charge is -2.26. The molecule has 0 radical (unpaired) electrons. The van der Waals surface area contributed by atoms with E-state index >= 15 is 0 Å². The molecule has 1 aliphatic heterocycles. The Kier molecular flexibility index (Phi) is 4.60. The molecule has 0 saturated carbocycles. The van der Waals surface area contributed by atoms with Crippen LogP contribution in [0.3, 0.4) is 0 Å². The van der Waals surface area contributed by atoms with Crippen LogP contribution in [0.4, 0.5) is 11.9 Å². The lowest BCUT2D eigenvalue weighted by Crippen LogP contribution is -2.31. The summed E-state index contributed by atoms with van der Waals surface area (Å²) in [5, 5.41) is 9.69. The second-order valence-corrected chi connectivity index (χ2v) is 5.84. The summed E-state index contributed by atoms with van der Waals surface area (Å²) >= 11 is 1.42. The van der Waals surface area contributed by atoms with Gasteiger partial charge in [-0.1, -0.05) is 18.7 Å². The van der Waals surface area contributed by atoms with Gasteiger partial charge in [-0.05, 0) is 19.3 Å². The van der Waals surface area contributed by atoms with Crippen molar-refractivity contribution >= 4 is 23.7 Å². The average Bonchev–Trinajstić information content (AvgIpc) is 2.39. The number of aliphatic hydroxyl groups excluding tert-OH is 1. The molecule has 18 heavy (non-hydrogen) atoms. The van der Waals surface area contributed by atoms with Crippen LogP contribution in [0, 0.1) is 0 Å². The zero-order valence-electron chi connectivity index (χ0n) is 10.5. The van der Waals surface area contributed by atoms with E-state index in [1.54, 1.807) is 0 Å². The number of nitrogens with zero attached hydrogens (tertiary/aromatic N) is 4. The van der Waals surface area contributed by atoms with Crippen molar-refractivity contribution in [2.45, 2.75) is 36.6 Å². The maximum Gasteiger partial charge on any atom is 0.231 e. The van der Waals surface area contributed by atoms with Crippen molar-refractivity contribution in [3.05, 3.63) is 0 Å². The van der Waals surface area contributed by atoms with Gasteiger partial charge in [0.15, 0.2) is 5.16 Å². The standard InChI is InChI=1S/C11H19N5OS/c1-8(7-17)18-11-14-9(12)13-10(15-11)16-5-3-2-4-6-16/h8,17H,2-7H2,1H3,(H2,12,13,14,15). The maximum atomic E-state index is 9.05. The number of aromatic nitrogens is 3. The van der Waals surface area contributed by atoms with Gasteiger partial charge >= 0.3 is 0 Å². The van der Waals surface area contributed by atoms with Crippen molar-refractivity contribution in [2.24, 2.45) is 0 Å². The first-order valence-electron chi connectivity index (χ1n) is 6.23. The van der Waals surface area contributed by atoms with E-state index < -0.39 is 0 Å². The van der Waals surface area contributed by atoms with Gasteiger partial charge in [-0.3, -0.25) is 0 Å². The molecule has 0 amide bonds. The van der Waals surface area contributed by atoms with Crippen LogP contribution >= 0.6 is 11.8 Å². The smallest absolute Gasteiger partial charge is 0.231 e. The average molecular weight is 269 g/mol. The number of aliphatic hydroxyl groups is 1. The fraction of sp³-hybridized carbons (Fsp3) is 0.727. The van der Waals surface area contributed by atoms with Crippen LogP contribution < -0.4 is 10.6 Å². The van der Waals surface area contributed by atoms with E-state index in [1.807, 2.05) is 6.92 Å². The van der Waals surface area contributed by atoms with Crippen LogP contribution in [0.2, 0.25) is 0 Å². The summed E-state index contributed by atoms with van der Waals surface area (Å²) in [6.07, 6.45) is 3.60. The topological polar surface area (TPSA) is 88.2 Å². The second kappa shape index (κ2) is 6.19. The molecule has 6 nitrogen and oxygen atoms in total. The van der Waals surface area contributed by atoms with Crippen LogP contribution in [-0.4, -0.2) is 45.0 Å². The lowest BCUT2D eigenvalue weighted by atomic mass is 10.1. The number of hydrogen-bond acceptors (Lipinski definition) is 7. The van der Waals surface area contributed by atoms with E-state index in [-0.39, 0.29) is 17.8 Å². The Bertz CT molecular complexity index is 397. The molecule has 0 aliphatic carbocycles. The Morgan fingerprint density at radius 2 is 2.00 bits per heavy atom. The largest absolute Gasteiger partial charge is 0.395 e. The molecular weight excluding hydrogens is 250 g/mol. The van der Waals surface area contributed by atoms with E-state index in [9.17, 15) is 0 Å². The number of thioether (sulfide) groups is 1. The normalized spacial score (nSPS) is 17.8. The molecule has 1 aromatic rings. The molecule has 0 spiro atoms. The van der Waals surface area contributed by atoms with Crippen LogP contribution in [-0.2, 0) is 0 Å². The quantitative estimate of drug-likeness (QED) is 0.786. The molecule has 0 bridgehead atoms. The van der Waals surface area contributed by atoms with Gasteiger partial charge in [0.05, 0.1) is 6.61 Å². The molecule has 2 rings (SSSR count). The van der Waals surface area contributed by atoms with Gasteiger partial charge in [0.25, 0.3) is 0 Å². The third-order valence-electron chi connectivity index (χ3n) is 2.82. The summed E-state index contributed by atoms with van der Waals surface area (Å²) in [6, 6.07) is 0. The second-order valence-electron chi connectivity index (χ2n) is 4.43. The van der Waals surface area contributed by atoms with E-state index in [4.69, 9.17) is 10.8 Å². The molecule has 1 fully saturated rings. The summed E-state index contributed by atoms with van der Waals surface area (Å²) in [7, 11) is 0. The molecule has 1 aromatic heterocycles. The van der Waals surface area contributed by atoms with Gasteiger partial charge < -0.3 is 15.7 Å². The zero-order valence-corrected chi connectivity index (χ0v) is 11.4. The van der Waals surface area contributed by atoms with E-state index in [2.05, 4.69) is 19.9 Å². The van der Waals surface area contributed by atoms with Gasteiger partial charge in [-0.2, -0.15) is 15.0 Å². The molecule has 1 aliphatic rings. The van der Waals surface area contributed by atoms with Crippen LogP contribution in [0.5, 0.6) is 0 Å². The molecule has 2 heterocycles. The van der Waals surface area contributed by atoms with Crippen LogP contribution in [0.15, 0.2) is 5.16 Å². The zero-order chi connectivity index (χ0) is 13.0. The number of rotatable bonds is 4. The van der Waals surface area contributed by atoms with Crippen molar-refractivity contribution in [1.82, 2.24) is 15.0 Å². The van der Waals surface area contributed by atoms with E-state index in [0.717, 1.165) is 13.1 Å². The number of piperidine rings is 1. The third kappa shape index (κ3) is 3.46. The van der Waals surface area contributed by atoms with Crippen molar-refractivity contribution in [3.8, 4) is 0 Å². The highest BCUT2D eigenvalue weighted by atomic mass is 32.2. The third-order valence-corrected chi connectivity index (χ3v) is 3.77. The predicted octanol–water partition coefficient (Wildman–Crippen LogP) is 0.917. The Hall–Kier alpha value is -1.08.